The standard InChI is InChI=1S/C71H122O6/c1-4-7-10-13-16-19-22-25-28-30-32-33-34-35-36-37-39-40-43-46-49-52-55-58-61-64-70(73)76-67-68(66-75-69(72)63-60-57-54-51-48-45-42-27-24-21-18-15-12-9-6-3)77-71(74)65-62-59-56-53-50-47-44-41-38-31-29-26-23-20-17-14-11-8-5-2/h8-9,11-12,17-18,20-21,26-27,29-30,32,38,41-42,68H,4-7,10,13-16,19,22-25,28,31,33-37,39-40,43-67H2,1-3H3/b11-8-,12-9-,20-17-,21-18-,29-26-,32-30-,41-38-,42-27-. The smallest absolute Gasteiger partial charge is 0.306 e. The van der Waals surface area contributed by atoms with E-state index in [2.05, 4.69) is 118 Å². The SMILES string of the molecule is CC/C=C\C/C=C\C/C=C\C/C=C\CCCCCCCCC(=O)OC(COC(=O)CCCCCCC/C=C\C/C=C\C/C=C\CC)COC(=O)CCCCCCCCCCCCCCC/C=C\CCCCCCCCCC. The van der Waals surface area contributed by atoms with Crippen molar-refractivity contribution in [3.8, 4) is 0 Å². The predicted octanol–water partition coefficient (Wildman–Crippen LogP) is 22.4. The quantitative estimate of drug-likeness (QED) is 0.0261. The Labute approximate surface area is 477 Å². The lowest BCUT2D eigenvalue weighted by Gasteiger charge is -2.18. The number of hydrogen-bond acceptors (Lipinski definition) is 6. The summed E-state index contributed by atoms with van der Waals surface area (Å²) in [5.74, 6) is -0.910. The van der Waals surface area contributed by atoms with Crippen LogP contribution < -0.4 is 0 Å². The van der Waals surface area contributed by atoms with E-state index in [0.29, 0.717) is 19.3 Å². The lowest BCUT2D eigenvalue weighted by Crippen LogP contribution is -2.30. The molecule has 0 saturated carbocycles. The Morgan fingerprint density at radius 1 is 0.273 bits per heavy atom. The summed E-state index contributed by atoms with van der Waals surface area (Å²) in [5.41, 5.74) is 0. The summed E-state index contributed by atoms with van der Waals surface area (Å²) < 4.78 is 16.9. The van der Waals surface area contributed by atoms with Crippen LogP contribution in [0.5, 0.6) is 0 Å². The third kappa shape index (κ3) is 63.0. The minimum absolute atomic E-state index is 0.0883. The Bertz CT molecular complexity index is 1510. The van der Waals surface area contributed by atoms with Crippen LogP contribution in [0.15, 0.2) is 97.2 Å². The first-order valence-electron chi connectivity index (χ1n) is 32.7. The largest absolute Gasteiger partial charge is 0.462 e. The van der Waals surface area contributed by atoms with Crippen LogP contribution in [0.1, 0.15) is 316 Å². The molecule has 0 aromatic heterocycles. The van der Waals surface area contributed by atoms with Crippen molar-refractivity contribution in [2.24, 2.45) is 0 Å². The van der Waals surface area contributed by atoms with Gasteiger partial charge >= 0.3 is 17.9 Å². The fourth-order valence-electron chi connectivity index (χ4n) is 9.21. The van der Waals surface area contributed by atoms with Gasteiger partial charge in [0.15, 0.2) is 6.10 Å². The highest BCUT2D eigenvalue weighted by Crippen LogP contribution is 2.16. The van der Waals surface area contributed by atoms with Crippen molar-refractivity contribution in [2.45, 2.75) is 322 Å². The molecule has 0 rings (SSSR count). The fourth-order valence-corrected chi connectivity index (χ4v) is 9.21. The van der Waals surface area contributed by atoms with E-state index in [0.717, 1.165) is 135 Å². The predicted molar refractivity (Wildman–Crippen MR) is 334 cm³/mol. The topological polar surface area (TPSA) is 78.9 Å². The Morgan fingerprint density at radius 3 is 0.805 bits per heavy atom. The number of hydrogen-bond donors (Lipinski definition) is 0. The number of carbonyl (C=O) groups excluding carboxylic acids is 3. The minimum Gasteiger partial charge on any atom is -0.462 e. The second-order valence-electron chi connectivity index (χ2n) is 21.6. The summed E-state index contributed by atoms with van der Waals surface area (Å²) in [6.45, 7) is 6.42. The summed E-state index contributed by atoms with van der Waals surface area (Å²) in [5, 5.41) is 0. The first-order chi connectivity index (χ1) is 38.0. The molecule has 0 aliphatic carbocycles. The van der Waals surface area contributed by atoms with Crippen molar-refractivity contribution in [2.75, 3.05) is 13.2 Å². The van der Waals surface area contributed by atoms with E-state index in [9.17, 15) is 14.4 Å². The van der Waals surface area contributed by atoms with Crippen LogP contribution in [-0.4, -0.2) is 37.2 Å². The van der Waals surface area contributed by atoms with E-state index in [-0.39, 0.29) is 31.1 Å². The number of allylic oxidation sites excluding steroid dienone is 16. The lowest BCUT2D eigenvalue weighted by atomic mass is 10.0. The maximum Gasteiger partial charge on any atom is 0.306 e. The molecule has 0 aromatic carbocycles. The van der Waals surface area contributed by atoms with Gasteiger partial charge in [-0.05, 0) is 116 Å². The number of unbranched alkanes of at least 4 members (excludes halogenated alkanes) is 32. The second-order valence-corrected chi connectivity index (χ2v) is 21.6. The van der Waals surface area contributed by atoms with Crippen molar-refractivity contribution in [1.82, 2.24) is 0 Å². The van der Waals surface area contributed by atoms with E-state index in [4.69, 9.17) is 14.2 Å². The van der Waals surface area contributed by atoms with E-state index in [1.54, 1.807) is 0 Å². The number of ether oxygens (including phenoxy) is 3. The van der Waals surface area contributed by atoms with Crippen molar-refractivity contribution in [3.63, 3.8) is 0 Å². The van der Waals surface area contributed by atoms with Gasteiger partial charge < -0.3 is 14.2 Å². The highest BCUT2D eigenvalue weighted by atomic mass is 16.6. The van der Waals surface area contributed by atoms with E-state index < -0.39 is 6.10 Å². The highest BCUT2D eigenvalue weighted by Gasteiger charge is 2.19. The van der Waals surface area contributed by atoms with Crippen LogP contribution in [0.25, 0.3) is 0 Å². The molecule has 0 fully saturated rings. The first kappa shape index (κ1) is 73.3. The Morgan fingerprint density at radius 2 is 0.506 bits per heavy atom. The normalized spacial score (nSPS) is 12.7. The van der Waals surface area contributed by atoms with Crippen molar-refractivity contribution in [1.29, 1.82) is 0 Å². The molecule has 0 heterocycles. The molecule has 0 amide bonds. The van der Waals surface area contributed by atoms with Gasteiger partial charge in [-0.2, -0.15) is 0 Å². The van der Waals surface area contributed by atoms with Gasteiger partial charge in [0.1, 0.15) is 13.2 Å². The van der Waals surface area contributed by atoms with E-state index >= 15 is 0 Å². The zero-order chi connectivity index (χ0) is 55.7. The molecule has 442 valence electrons. The second kappa shape index (κ2) is 64.9. The van der Waals surface area contributed by atoms with Crippen LogP contribution in [0.3, 0.4) is 0 Å². The molecular weight excluding hydrogens is 949 g/mol. The average Bonchev–Trinajstić information content (AvgIpc) is 3.43. The molecule has 0 saturated heterocycles. The molecule has 6 heteroatoms. The average molecular weight is 1070 g/mol. The van der Waals surface area contributed by atoms with Gasteiger partial charge in [-0.15, -0.1) is 0 Å². The molecule has 0 aliphatic heterocycles. The van der Waals surface area contributed by atoms with Gasteiger partial charge in [-0.1, -0.05) is 279 Å². The molecule has 0 radical (unpaired) electrons. The van der Waals surface area contributed by atoms with Gasteiger partial charge in [0.2, 0.25) is 0 Å². The Kier molecular flexibility index (Phi) is 61.8. The summed E-state index contributed by atoms with van der Waals surface area (Å²) in [6, 6.07) is 0. The van der Waals surface area contributed by atoms with Gasteiger partial charge in [-0.3, -0.25) is 14.4 Å². The van der Waals surface area contributed by atoms with Crippen molar-refractivity contribution < 1.29 is 28.6 Å². The Hall–Kier alpha value is -3.67. The van der Waals surface area contributed by atoms with Crippen molar-refractivity contribution >= 4 is 17.9 Å². The molecule has 0 spiro atoms. The van der Waals surface area contributed by atoms with Crippen LogP contribution in [0, 0.1) is 0 Å². The zero-order valence-electron chi connectivity index (χ0n) is 50.7. The molecule has 1 unspecified atom stereocenters. The van der Waals surface area contributed by atoms with Crippen molar-refractivity contribution in [3.05, 3.63) is 97.2 Å². The fraction of sp³-hybridized carbons (Fsp3) is 0.732. The first-order valence-corrected chi connectivity index (χ1v) is 32.7. The third-order valence-corrected chi connectivity index (χ3v) is 14.1. The molecule has 77 heavy (non-hydrogen) atoms. The zero-order valence-corrected chi connectivity index (χ0v) is 50.7. The van der Waals surface area contributed by atoms with Gasteiger partial charge in [0.05, 0.1) is 0 Å². The minimum atomic E-state index is -0.795. The maximum atomic E-state index is 12.9. The number of esters is 3. The van der Waals surface area contributed by atoms with Gasteiger partial charge in [0.25, 0.3) is 0 Å². The number of carbonyl (C=O) groups is 3. The summed E-state index contributed by atoms with van der Waals surface area (Å²) >= 11 is 0. The molecule has 0 aromatic rings. The van der Waals surface area contributed by atoms with Crippen LogP contribution in [-0.2, 0) is 28.6 Å². The van der Waals surface area contributed by atoms with Crippen LogP contribution in [0.4, 0.5) is 0 Å². The summed E-state index contributed by atoms with van der Waals surface area (Å²) in [4.78, 5) is 38.3. The van der Waals surface area contributed by atoms with Crippen LogP contribution >= 0.6 is 0 Å². The van der Waals surface area contributed by atoms with E-state index in [1.165, 1.54) is 141 Å². The summed E-state index contributed by atoms with van der Waals surface area (Å²) in [6.07, 6.45) is 87.0. The van der Waals surface area contributed by atoms with Crippen LogP contribution in [0.2, 0.25) is 0 Å². The highest BCUT2D eigenvalue weighted by molar-refractivity contribution is 5.71. The molecule has 0 aliphatic rings. The lowest BCUT2D eigenvalue weighted by molar-refractivity contribution is -0.167. The Balaban J connectivity index is 4.35. The summed E-state index contributed by atoms with van der Waals surface area (Å²) in [7, 11) is 0. The maximum absolute atomic E-state index is 12.9. The number of rotatable bonds is 59. The monoisotopic (exact) mass is 1070 g/mol. The third-order valence-electron chi connectivity index (χ3n) is 14.1. The van der Waals surface area contributed by atoms with Gasteiger partial charge in [0, 0.05) is 19.3 Å². The molecule has 0 bridgehead atoms. The van der Waals surface area contributed by atoms with Gasteiger partial charge in [-0.25, -0.2) is 0 Å². The van der Waals surface area contributed by atoms with E-state index in [1.807, 2.05) is 0 Å². The molecule has 6 nitrogen and oxygen atoms in total. The molecule has 1 atom stereocenters. The molecule has 0 N–H and O–H groups in total. The molecular formula is C71H122O6.